The summed E-state index contributed by atoms with van der Waals surface area (Å²) in [6, 6.07) is 0.475. The summed E-state index contributed by atoms with van der Waals surface area (Å²) in [4.78, 5) is 2.25. The number of likely N-dealkylation sites (tertiary alicyclic amines) is 1. The molecule has 4 nitrogen and oxygen atoms in total. The smallest absolute Gasteiger partial charge is 0.117 e. The first-order valence-electron chi connectivity index (χ1n) is 10.0. The van der Waals surface area contributed by atoms with Crippen molar-refractivity contribution in [1.82, 2.24) is 10.2 Å². The molecule has 0 aromatic rings. The maximum Gasteiger partial charge on any atom is 0.117 e. The molecule has 2 heterocycles. The van der Waals surface area contributed by atoms with E-state index in [2.05, 4.69) is 44.8 Å². The van der Waals surface area contributed by atoms with Gasteiger partial charge in [-0.3, -0.25) is 4.90 Å². The molecule has 2 rings (SSSR count). The van der Waals surface area contributed by atoms with Crippen molar-refractivity contribution in [3.8, 4) is 0 Å². The third kappa shape index (κ3) is 7.90. The Morgan fingerprint density at radius 1 is 1.12 bits per heavy atom. The first-order valence-corrected chi connectivity index (χ1v) is 10.0. The number of halogens is 1. The Morgan fingerprint density at radius 2 is 1.88 bits per heavy atom. The van der Waals surface area contributed by atoms with Gasteiger partial charge in [-0.15, -0.1) is 0 Å². The molecule has 2 fully saturated rings. The zero-order valence-corrected chi connectivity index (χ0v) is 16.9. The fourth-order valence-corrected chi connectivity index (χ4v) is 3.87. The number of nitrogens with zero attached hydrogens (tertiary/aromatic N) is 1. The third-order valence-corrected chi connectivity index (χ3v) is 5.18. The van der Waals surface area contributed by atoms with Crippen LogP contribution in [0.25, 0.3) is 0 Å². The minimum absolute atomic E-state index is 0.0788. The lowest BCUT2D eigenvalue weighted by molar-refractivity contribution is -0.0452. The first-order chi connectivity index (χ1) is 11.6. The van der Waals surface area contributed by atoms with Gasteiger partial charge in [0.15, 0.2) is 0 Å². The maximum absolute atomic E-state index is 14.5. The maximum atomic E-state index is 14.5. The highest BCUT2D eigenvalue weighted by Gasteiger charge is 2.37. The highest BCUT2D eigenvalue weighted by atomic mass is 19.1. The van der Waals surface area contributed by atoms with Crippen molar-refractivity contribution >= 4 is 0 Å². The van der Waals surface area contributed by atoms with Gasteiger partial charge in [0.2, 0.25) is 0 Å². The van der Waals surface area contributed by atoms with Crippen molar-refractivity contribution in [1.29, 1.82) is 0 Å². The summed E-state index contributed by atoms with van der Waals surface area (Å²) in [5.74, 6) is 0.0788. The number of alkyl halides is 1. The summed E-state index contributed by atoms with van der Waals surface area (Å²) in [5, 5.41) is 3.46. The topological polar surface area (TPSA) is 33.7 Å². The molecule has 148 valence electrons. The van der Waals surface area contributed by atoms with E-state index in [1.165, 1.54) is 12.8 Å². The molecular weight excluding hydrogens is 319 g/mol. The molecule has 25 heavy (non-hydrogen) atoms. The zero-order valence-electron chi connectivity index (χ0n) is 16.9. The molecule has 2 aliphatic heterocycles. The van der Waals surface area contributed by atoms with Crippen molar-refractivity contribution in [3.63, 3.8) is 0 Å². The van der Waals surface area contributed by atoms with Crippen LogP contribution in [-0.2, 0) is 9.47 Å². The van der Waals surface area contributed by atoms with E-state index in [0.717, 1.165) is 45.7 Å². The van der Waals surface area contributed by atoms with Crippen LogP contribution in [0.2, 0.25) is 0 Å². The van der Waals surface area contributed by atoms with E-state index >= 15 is 0 Å². The predicted molar refractivity (Wildman–Crippen MR) is 101 cm³/mol. The molecule has 0 spiro atoms. The number of hydrogen-bond donors (Lipinski definition) is 1. The quantitative estimate of drug-likeness (QED) is 0.641. The van der Waals surface area contributed by atoms with E-state index < -0.39 is 6.17 Å². The summed E-state index contributed by atoms with van der Waals surface area (Å²) < 4.78 is 26.4. The lowest BCUT2D eigenvalue weighted by Crippen LogP contribution is -2.36. The van der Waals surface area contributed by atoms with E-state index in [1.54, 1.807) is 0 Å². The molecule has 0 aromatic carbocycles. The Hall–Kier alpha value is -0.230. The second kappa shape index (κ2) is 9.12. The van der Waals surface area contributed by atoms with E-state index in [0.29, 0.717) is 12.6 Å². The Morgan fingerprint density at radius 3 is 2.52 bits per heavy atom. The molecule has 2 saturated heterocycles. The van der Waals surface area contributed by atoms with Gasteiger partial charge in [0.25, 0.3) is 0 Å². The third-order valence-electron chi connectivity index (χ3n) is 5.18. The molecule has 0 aromatic heterocycles. The van der Waals surface area contributed by atoms with Crippen LogP contribution in [-0.4, -0.2) is 67.7 Å². The van der Waals surface area contributed by atoms with Gasteiger partial charge in [0.1, 0.15) is 6.17 Å². The fraction of sp³-hybridized carbons (Fsp3) is 1.00. The molecule has 0 aliphatic carbocycles. The average Bonchev–Trinajstić information content (AvgIpc) is 3.11. The molecule has 0 radical (unpaired) electrons. The van der Waals surface area contributed by atoms with Crippen molar-refractivity contribution < 1.29 is 13.9 Å². The number of hydrogen-bond acceptors (Lipinski definition) is 4. The highest BCUT2D eigenvalue weighted by Crippen LogP contribution is 2.30. The number of nitrogens with one attached hydrogen (secondary N) is 1. The number of rotatable bonds is 9. The molecule has 0 saturated carbocycles. The fourth-order valence-electron chi connectivity index (χ4n) is 3.87. The van der Waals surface area contributed by atoms with Crippen LogP contribution in [0.4, 0.5) is 4.39 Å². The van der Waals surface area contributed by atoms with Gasteiger partial charge in [-0.1, -0.05) is 0 Å². The van der Waals surface area contributed by atoms with Crippen molar-refractivity contribution in [2.45, 2.75) is 83.7 Å². The molecule has 0 bridgehead atoms. The monoisotopic (exact) mass is 358 g/mol. The van der Waals surface area contributed by atoms with Gasteiger partial charge >= 0.3 is 0 Å². The van der Waals surface area contributed by atoms with E-state index in [-0.39, 0.29) is 17.1 Å². The molecule has 0 amide bonds. The lowest BCUT2D eigenvalue weighted by atomic mass is 9.91. The largest absolute Gasteiger partial charge is 0.376 e. The molecule has 2 aliphatic rings. The molecular formula is C20H39FN2O2. The average molecular weight is 359 g/mol. The van der Waals surface area contributed by atoms with E-state index in [4.69, 9.17) is 9.47 Å². The lowest BCUT2D eigenvalue weighted by Gasteiger charge is -2.30. The van der Waals surface area contributed by atoms with Crippen molar-refractivity contribution in [2.24, 2.45) is 5.92 Å². The van der Waals surface area contributed by atoms with Gasteiger partial charge in [-0.25, -0.2) is 4.39 Å². The molecule has 3 atom stereocenters. The summed E-state index contributed by atoms with van der Waals surface area (Å²) in [5.41, 5.74) is -0.351. The standard InChI is InChI=1S/C20H39FN2O2/c1-19(2,3)24-11-7-10-23-13-16(18(21)14-23)12-20(4,5)25-15-17-8-6-9-22-17/h16-18,22H,6-15H2,1-5H3/t16?,17?,18-/m1/s1. The van der Waals surface area contributed by atoms with Gasteiger partial charge in [-0.05, 0) is 66.8 Å². The van der Waals surface area contributed by atoms with Crippen LogP contribution in [0, 0.1) is 5.92 Å². The van der Waals surface area contributed by atoms with Crippen LogP contribution in [0.15, 0.2) is 0 Å². The first kappa shape index (κ1) is 21.1. The molecule has 5 heteroatoms. The predicted octanol–water partition coefficient (Wildman–Crippen LogP) is 3.40. The summed E-state index contributed by atoms with van der Waals surface area (Å²) in [6.07, 6.45) is 3.43. The normalized spacial score (nSPS) is 28.8. The zero-order chi connectivity index (χ0) is 18.5. The molecule has 2 unspecified atom stereocenters. The second-order valence-corrected chi connectivity index (χ2v) is 9.42. The van der Waals surface area contributed by atoms with Gasteiger partial charge < -0.3 is 14.8 Å². The minimum Gasteiger partial charge on any atom is -0.376 e. The SMILES string of the molecule is CC(C)(C)OCCCN1CC(CC(C)(C)OCC2CCCN2)[C@H](F)C1. The summed E-state index contributed by atoms with van der Waals surface area (Å²) in [7, 11) is 0. The van der Waals surface area contributed by atoms with Crippen LogP contribution in [0.3, 0.4) is 0 Å². The van der Waals surface area contributed by atoms with E-state index in [1.807, 2.05) is 0 Å². The van der Waals surface area contributed by atoms with Crippen LogP contribution >= 0.6 is 0 Å². The van der Waals surface area contributed by atoms with Gasteiger partial charge in [-0.2, -0.15) is 0 Å². The highest BCUT2D eigenvalue weighted by molar-refractivity contribution is 4.89. The summed E-state index contributed by atoms with van der Waals surface area (Å²) >= 11 is 0. The van der Waals surface area contributed by atoms with Crippen LogP contribution < -0.4 is 5.32 Å². The van der Waals surface area contributed by atoms with Crippen LogP contribution in [0.5, 0.6) is 0 Å². The Balaban J connectivity index is 1.67. The van der Waals surface area contributed by atoms with Crippen molar-refractivity contribution in [2.75, 3.05) is 39.4 Å². The molecule has 1 N–H and O–H groups in total. The second-order valence-electron chi connectivity index (χ2n) is 9.42. The Bertz CT molecular complexity index is 392. The number of ether oxygens (including phenoxy) is 2. The Kier molecular flexibility index (Phi) is 7.68. The Labute approximate surface area is 153 Å². The van der Waals surface area contributed by atoms with Crippen LogP contribution in [0.1, 0.15) is 60.3 Å². The van der Waals surface area contributed by atoms with Gasteiger partial charge in [0, 0.05) is 38.2 Å². The van der Waals surface area contributed by atoms with Crippen molar-refractivity contribution in [3.05, 3.63) is 0 Å². The minimum atomic E-state index is -0.740. The van der Waals surface area contributed by atoms with E-state index in [9.17, 15) is 4.39 Å². The van der Waals surface area contributed by atoms with Gasteiger partial charge in [0.05, 0.1) is 17.8 Å². The summed E-state index contributed by atoms with van der Waals surface area (Å²) in [6.45, 7) is 15.3.